The Morgan fingerprint density at radius 1 is 0.449 bits per heavy atom. The highest BCUT2D eigenvalue weighted by atomic mass is 28.3. The summed E-state index contributed by atoms with van der Waals surface area (Å²) in [4.78, 5) is 114. The number of hydrogen-bond donors (Lipinski definition) is 3. The Morgan fingerprint density at radius 3 is 1.26 bits per heavy atom. The third-order valence-corrected chi connectivity index (χ3v) is 28.3. The molecule has 3 amide bonds. The number of carbonyl (C=O) groups is 6. The summed E-state index contributed by atoms with van der Waals surface area (Å²) in [5.41, 5.74) is 7.92. The van der Waals surface area contributed by atoms with E-state index in [-0.39, 0.29) is 84.8 Å². The normalized spacial score (nSPS) is 14.5. The van der Waals surface area contributed by atoms with Gasteiger partial charge in [-0.15, -0.1) is 0 Å². The number of Topliss-reactive ketones (excluding diaryl/α,β-unsaturated/α-hetero) is 1. The molecule has 0 atom stereocenters. The van der Waals surface area contributed by atoms with E-state index in [4.69, 9.17) is 23.7 Å². The van der Waals surface area contributed by atoms with Gasteiger partial charge >= 0.3 is 12.2 Å². The van der Waals surface area contributed by atoms with Crippen molar-refractivity contribution in [3.05, 3.63) is 318 Å². The van der Waals surface area contributed by atoms with Gasteiger partial charge in [-0.3, -0.25) is 61.7 Å². The van der Waals surface area contributed by atoms with Crippen LogP contribution >= 0.6 is 0 Å². The molecule has 0 spiro atoms. The third kappa shape index (κ3) is 28.3. The number of halogens is 8. The van der Waals surface area contributed by atoms with Crippen molar-refractivity contribution in [2.75, 3.05) is 62.5 Å². The number of alkyl halides is 2. The molecule has 13 aromatic rings. The number of aromatic nitrogens is 10. The van der Waals surface area contributed by atoms with E-state index in [2.05, 4.69) is 98.5 Å². The average Bonchev–Trinajstić information content (AvgIpc) is 1.58. The first kappa shape index (κ1) is 107. The molecule has 6 aromatic carbocycles. The number of rotatable bonds is 30. The predicted octanol–water partition coefficient (Wildman–Crippen LogP) is 21.2. The summed E-state index contributed by atoms with van der Waals surface area (Å²) in [5.74, 6) is -6.65. The number of carbonyl (C=O) groups excluding carboxylic acids is 6. The molecule has 0 saturated carbocycles. The average molecular weight is 2060 g/mol. The minimum Gasteiger partial charge on any atom is -0.497 e. The van der Waals surface area contributed by atoms with E-state index in [9.17, 15) is 73.5 Å². The van der Waals surface area contributed by atoms with E-state index in [0.717, 1.165) is 95.9 Å². The van der Waals surface area contributed by atoms with Crippen molar-refractivity contribution in [2.45, 2.75) is 201 Å². The zero-order valence-corrected chi connectivity index (χ0v) is 86.3. The summed E-state index contributed by atoms with van der Waals surface area (Å²) in [6.07, 6.45) is 17.1. The predicted molar refractivity (Wildman–Crippen MR) is 552 cm³/mol. The second-order valence-electron chi connectivity index (χ2n) is 41.6. The number of ether oxygens (including phenoxy) is 5. The SMILES string of the molecule is CC(C)(C)OC(=O)n1c(-c2cc(C(=O)Nc3cnn(Cc4ccc(F)c(F)c4)c3)cn(COCC[Si](C)(C)C)c2=O)cc2cc(CN3CCC(F)CC3)ccc21.COc1ccc2c(c1)cc(-c1cc(C(=O)Nc3cnn(Cc4ccc(F)c(F)c4)c3)cn(COCC[Si](C)(C)C)c1=O)n2C(=O)OC(C)(C)C.O=C1CC=C(C(=O)Nc2cnn(Cc3ccc(F)c(F)c3)c2)C=C1C1=Cc2cc(CN3CCC(F)CC3)ccc2C1. The first-order valence-electron chi connectivity index (χ1n) is 48.5. The molecule has 38 heteroatoms. The number of amides is 3. The van der Waals surface area contributed by atoms with Crippen LogP contribution in [0, 0.1) is 34.9 Å². The first-order chi connectivity index (χ1) is 69.7. The topological polar surface area (TPSA) is 298 Å². The van der Waals surface area contributed by atoms with E-state index >= 15 is 0 Å². The molecule has 0 bridgehead atoms. The van der Waals surface area contributed by atoms with Gasteiger partial charge in [0, 0.05) is 128 Å². The Morgan fingerprint density at radius 2 is 0.844 bits per heavy atom. The number of fused-ring (bicyclic) bond motifs is 3. The first-order valence-corrected chi connectivity index (χ1v) is 56.0. The third-order valence-electron chi connectivity index (χ3n) is 24.9. The van der Waals surface area contributed by atoms with Crippen LogP contribution in [0.2, 0.25) is 51.4 Å². The molecule has 2 fully saturated rings. The van der Waals surface area contributed by atoms with Crippen LogP contribution in [-0.4, -0.2) is 179 Å². The smallest absolute Gasteiger partial charge is 0.419 e. The highest BCUT2D eigenvalue weighted by molar-refractivity contribution is 6.76. The summed E-state index contributed by atoms with van der Waals surface area (Å²) in [6.45, 7) is 29.1. The molecular formula is C109H119F8N15O13Si2. The van der Waals surface area contributed by atoms with Crippen LogP contribution in [0.1, 0.15) is 133 Å². The van der Waals surface area contributed by atoms with E-state index in [0.29, 0.717) is 137 Å². The van der Waals surface area contributed by atoms with Crippen molar-refractivity contribution in [1.82, 2.24) is 57.4 Å². The van der Waals surface area contributed by atoms with Gasteiger partial charge in [0.2, 0.25) is 0 Å². The molecule has 9 heterocycles. The minimum absolute atomic E-state index is 0.0331. The molecule has 0 radical (unpaired) electrons. The summed E-state index contributed by atoms with van der Waals surface area (Å²) in [6, 6.07) is 36.0. The standard InChI is InChI=1S/C41H49F3N6O5Si.C36H41F2N5O6Si.C32H29F3N4O2/c1-41(2,3)55-40(53)50-36-10-8-27(22-47-13-11-31(42)12-14-47)17-29(36)20-37(50)33-19-30(24-48(39(33)52)26-54-15-16-56(4,5)6)38(51)46-32-21-45-49(25-32)23-28-7-9-34(43)35(44)18-28;1-36(2,3)49-35(46)43-31-11-9-27(47-4)15-24(31)17-32(43)28-16-25(20-41(34(28)45)22-48-12-13-50(5,6)7)33(44)40-26-18-39-42(21-26)19-23-8-10-29(37)30(38)14-23;33-26-7-9-38(10-8-26)17-20-1-3-22-13-25(14-24(22)11-20)28-15-23(4-6-31(28)40)32(41)37-27-16-36-39(19-27)18-21-2-5-29(34)30(35)12-21/h7-10,17-21,24-25,31H,11-16,22-23,26H2,1-6H3,(H,46,51);8-11,14-18,20-21H,12-13,19,22H2,1-7H3,(H,40,44);1-5,11-12,14-16,19,26H,6-10,13,17-18H2,(H,37,41). The van der Waals surface area contributed by atoms with Gasteiger partial charge in [0.25, 0.3) is 28.8 Å². The van der Waals surface area contributed by atoms with Crippen LogP contribution in [0.15, 0.2) is 221 Å². The van der Waals surface area contributed by atoms with Gasteiger partial charge in [-0.1, -0.05) is 93.9 Å². The van der Waals surface area contributed by atoms with Gasteiger partial charge in [-0.25, -0.2) is 53.8 Å². The number of anilines is 3. The van der Waals surface area contributed by atoms with Crippen LogP contribution in [0.4, 0.5) is 61.8 Å². The lowest BCUT2D eigenvalue weighted by atomic mass is 9.91. The van der Waals surface area contributed by atoms with Gasteiger partial charge in [-0.2, -0.15) is 15.3 Å². The van der Waals surface area contributed by atoms with Crippen LogP contribution in [0.5, 0.6) is 5.75 Å². The Balaban J connectivity index is 0.000000167. The van der Waals surface area contributed by atoms with Gasteiger partial charge in [-0.05, 0) is 227 Å². The molecule has 4 aliphatic rings. The fourth-order valence-corrected chi connectivity index (χ4v) is 18.7. The maximum Gasteiger partial charge on any atom is 0.419 e. The maximum absolute atomic E-state index is 14.3. The molecular weight excluding hydrogens is 1940 g/mol. The number of benzene rings is 6. The van der Waals surface area contributed by atoms with Crippen molar-refractivity contribution >= 4 is 96.8 Å². The van der Waals surface area contributed by atoms with Crippen LogP contribution in [0.3, 0.4) is 0 Å². The number of nitrogens with one attached hydrogen (secondary N) is 3. The molecule has 2 aliphatic heterocycles. The largest absolute Gasteiger partial charge is 0.497 e. The number of methoxy groups -OCH3 is 1. The van der Waals surface area contributed by atoms with Gasteiger partial charge in [0.1, 0.15) is 42.8 Å². The molecule has 3 N–H and O–H groups in total. The highest BCUT2D eigenvalue weighted by Crippen LogP contribution is 2.38. The Hall–Kier alpha value is -14.3. The number of likely N-dealkylation sites (tertiary alicyclic amines) is 2. The van der Waals surface area contributed by atoms with Crippen LogP contribution in [0.25, 0.3) is 50.4 Å². The lowest BCUT2D eigenvalue weighted by molar-refractivity contribution is -0.114. The van der Waals surface area contributed by atoms with Crippen LogP contribution < -0.4 is 31.8 Å². The van der Waals surface area contributed by atoms with Gasteiger partial charge in [0.05, 0.1) is 107 Å². The molecule has 7 aromatic heterocycles. The molecule has 2 aliphatic carbocycles. The number of ketones is 1. The quantitative estimate of drug-likeness (QED) is 0.0214. The molecule has 2 saturated heterocycles. The maximum atomic E-state index is 14.3. The fraction of sp³-hybridized carbons (Fsp3) is 0.349. The van der Waals surface area contributed by atoms with E-state index in [1.165, 1.54) is 101 Å². The Kier molecular flexibility index (Phi) is 33.3. The second kappa shape index (κ2) is 45.8. The van der Waals surface area contributed by atoms with Crippen molar-refractivity contribution in [3.63, 3.8) is 0 Å². The van der Waals surface area contributed by atoms with Gasteiger partial charge < -0.3 is 39.6 Å². The number of pyridine rings is 2. The Labute approximate surface area is 846 Å². The van der Waals surface area contributed by atoms with E-state index in [1.807, 2.05) is 24.3 Å². The van der Waals surface area contributed by atoms with Crippen molar-refractivity contribution < 1.29 is 87.6 Å². The van der Waals surface area contributed by atoms with Crippen molar-refractivity contribution in [3.8, 4) is 28.3 Å². The second-order valence-corrected chi connectivity index (χ2v) is 52.8. The molecule has 17 rings (SSSR count). The van der Waals surface area contributed by atoms with Crippen LogP contribution in [-0.2, 0) is 81.1 Å². The number of allylic oxidation sites excluding steroid dienone is 3. The van der Waals surface area contributed by atoms with Crippen molar-refractivity contribution in [2.24, 2.45) is 0 Å². The Bertz CT molecular complexity index is 7360. The highest BCUT2D eigenvalue weighted by Gasteiger charge is 2.33. The van der Waals surface area contributed by atoms with Gasteiger partial charge in [0.15, 0.2) is 40.7 Å². The number of hydrogen-bond acceptors (Lipinski definition) is 18. The summed E-state index contributed by atoms with van der Waals surface area (Å²) in [7, 11) is -1.34. The summed E-state index contributed by atoms with van der Waals surface area (Å²) < 4.78 is 147. The lowest BCUT2D eigenvalue weighted by Gasteiger charge is -2.28. The van der Waals surface area contributed by atoms with Crippen molar-refractivity contribution in [1.29, 1.82) is 0 Å². The fourth-order valence-electron chi connectivity index (χ4n) is 17.2. The van der Waals surface area contributed by atoms with E-state index < -0.39 is 110 Å². The molecule has 147 heavy (non-hydrogen) atoms. The number of nitrogens with zero attached hydrogens (tertiary/aromatic N) is 12. The summed E-state index contributed by atoms with van der Waals surface area (Å²) >= 11 is 0. The monoisotopic (exact) mass is 2050 g/mol. The minimum atomic E-state index is -1.45. The molecule has 0 unspecified atom stereocenters. The zero-order chi connectivity index (χ0) is 105. The number of piperidine rings is 2. The molecule has 28 nitrogen and oxygen atoms in total. The lowest BCUT2D eigenvalue weighted by Crippen LogP contribution is -2.33. The summed E-state index contributed by atoms with van der Waals surface area (Å²) in [5, 5.41) is 22.4. The zero-order valence-electron chi connectivity index (χ0n) is 84.3. The van der Waals surface area contributed by atoms with E-state index in [1.54, 1.807) is 103 Å². The molecule has 772 valence electrons.